The predicted molar refractivity (Wildman–Crippen MR) is 77.0 cm³/mol. The summed E-state index contributed by atoms with van der Waals surface area (Å²) in [5.74, 6) is 0.391. The third kappa shape index (κ3) is 2.21. The van der Waals surface area contributed by atoms with Crippen LogP contribution in [-0.2, 0) is 0 Å². The van der Waals surface area contributed by atoms with Gasteiger partial charge in [0.15, 0.2) is 0 Å². The van der Waals surface area contributed by atoms with Gasteiger partial charge in [0.1, 0.15) is 17.1 Å². The van der Waals surface area contributed by atoms with Crippen LogP contribution in [0.5, 0.6) is 5.75 Å². The van der Waals surface area contributed by atoms with Crippen LogP contribution in [0.25, 0.3) is 11.0 Å². The van der Waals surface area contributed by atoms with Gasteiger partial charge >= 0.3 is 0 Å². The third-order valence-electron chi connectivity index (χ3n) is 2.99. The van der Waals surface area contributed by atoms with Crippen molar-refractivity contribution in [3.8, 4) is 5.75 Å². The Kier molecular flexibility index (Phi) is 3.09. The lowest BCUT2D eigenvalue weighted by Gasteiger charge is -2.08. The molecule has 0 saturated carbocycles. The number of carbonyl (C=O) groups is 1. The second-order valence-electron chi connectivity index (χ2n) is 4.28. The van der Waals surface area contributed by atoms with E-state index in [0.717, 1.165) is 5.39 Å². The Morgan fingerprint density at radius 1 is 1.25 bits per heavy atom. The van der Waals surface area contributed by atoms with Crippen LogP contribution in [-0.4, -0.2) is 23.0 Å². The highest BCUT2D eigenvalue weighted by atomic mass is 16.5. The summed E-state index contributed by atoms with van der Waals surface area (Å²) in [5.41, 5.74) is 1.79. The number of aromatic amines is 1. The van der Waals surface area contributed by atoms with Crippen molar-refractivity contribution >= 4 is 22.6 Å². The molecular formula is C15H13N3O2. The molecule has 3 rings (SSSR count). The molecular weight excluding hydrogens is 254 g/mol. The summed E-state index contributed by atoms with van der Waals surface area (Å²) >= 11 is 0. The lowest BCUT2D eigenvalue weighted by atomic mass is 10.2. The van der Waals surface area contributed by atoms with Gasteiger partial charge in [-0.1, -0.05) is 12.1 Å². The fourth-order valence-electron chi connectivity index (χ4n) is 2.02. The molecule has 0 atom stereocenters. The van der Waals surface area contributed by atoms with Crippen LogP contribution in [0.4, 0.5) is 5.69 Å². The lowest BCUT2D eigenvalue weighted by molar-refractivity contribution is 0.102. The van der Waals surface area contributed by atoms with E-state index in [9.17, 15) is 4.79 Å². The Morgan fingerprint density at radius 2 is 2.10 bits per heavy atom. The number of fused-ring (bicyclic) bond motifs is 1. The van der Waals surface area contributed by atoms with E-state index >= 15 is 0 Å². The molecule has 0 bridgehead atoms. The number of amides is 1. The summed E-state index contributed by atoms with van der Waals surface area (Å²) < 4.78 is 5.20. The lowest BCUT2D eigenvalue weighted by Crippen LogP contribution is -2.12. The van der Waals surface area contributed by atoms with Gasteiger partial charge in [0, 0.05) is 11.6 Å². The molecule has 2 N–H and O–H groups in total. The molecule has 0 saturated heterocycles. The van der Waals surface area contributed by atoms with Crippen molar-refractivity contribution in [2.45, 2.75) is 0 Å². The second kappa shape index (κ2) is 5.05. The molecule has 20 heavy (non-hydrogen) atoms. The monoisotopic (exact) mass is 267 g/mol. The topological polar surface area (TPSA) is 67.0 Å². The second-order valence-corrected chi connectivity index (χ2v) is 4.28. The Bertz CT molecular complexity index is 731. The number of methoxy groups -OCH3 is 1. The first kappa shape index (κ1) is 12.2. The molecule has 0 aliphatic rings. The molecule has 1 amide bonds. The minimum absolute atomic E-state index is 0.229. The predicted octanol–water partition coefficient (Wildman–Crippen LogP) is 2.82. The van der Waals surface area contributed by atoms with E-state index in [1.807, 2.05) is 24.3 Å². The molecule has 5 heteroatoms. The van der Waals surface area contributed by atoms with Gasteiger partial charge in [-0.15, -0.1) is 0 Å². The van der Waals surface area contributed by atoms with Crippen molar-refractivity contribution in [2.24, 2.45) is 0 Å². The molecule has 2 heterocycles. The zero-order valence-electron chi connectivity index (χ0n) is 10.9. The third-order valence-corrected chi connectivity index (χ3v) is 2.99. The van der Waals surface area contributed by atoms with E-state index in [1.54, 1.807) is 31.5 Å². The van der Waals surface area contributed by atoms with E-state index in [0.29, 0.717) is 22.8 Å². The van der Waals surface area contributed by atoms with Crippen LogP contribution in [0.15, 0.2) is 48.7 Å². The first-order chi connectivity index (χ1) is 9.78. The normalized spacial score (nSPS) is 10.4. The first-order valence-corrected chi connectivity index (χ1v) is 6.16. The Morgan fingerprint density at radius 3 is 2.90 bits per heavy atom. The van der Waals surface area contributed by atoms with Gasteiger partial charge in [-0.05, 0) is 30.3 Å². The number of carbonyl (C=O) groups excluding carboxylic acids is 1. The summed E-state index contributed by atoms with van der Waals surface area (Å²) in [6.07, 6.45) is 1.68. The van der Waals surface area contributed by atoms with E-state index in [4.69, 9.17) is 4.74 Å². The number of nitrogens with zero attached hydrogens (tertiary/aromatic N) is 1. The number of para-hydroxylation sites is 2. The molecule has 1 aromatic carbocycles. The number of hydrogen-bond donors (Lipinski definition) is 2. The fourth-order valence-corrected chi connectivity index (χ4v) is 2.02. The van der Waals surface area contributed by atoms with Gasteiger partial charge in [-0.25, -0.2) is 4.98 Å². The number of pyridine rings is 1. The van der Waals surface area contributed by atoms with Gasteiger partial charge < -0.3 is 15.0 Å². The number of aromatic nitrogens is 2. The van der Waals surface area contributed by atoms with Crippen molar-refractivity contribution < 1.29 is 9.53 Å². The highest BCUT2D eigenvalue weighted by molar-refractivity contribution is 6.06. The molecule has 5 nitrogen and oxygen atoms in total. The van der Waals surface area contributed by atoms with E-state index in [1.165, 1.54) is 0 Å². The maximum atomic E-state index is 12.2. The average molecular weight is 267 g/mol. The number of H-pyrrole nitrogens is 1. The summed E-state index contributed by atoms with van der Waals surface area (Å²) in [6, 6.07) is 12.8. The summed E-state index contributed by atoms with van der Waals surface area (Å²) in [5, 5.41) is 3.72. The number of rotatable bonds is 3. The van der Waals surface area contributed by atoms with Crippen molar-refractivity contribution in [2.75, 3.05) is 12.4 Å². The number of hydrogen-bond acceptors (Lipinski definition) is 3. The molecule has 0 unspecified atom stereocenters. The standard InChI is InChI=1S/C15H13N3O2/c1-20-13-7-3-2-6-11(13)18-15(19)12-9-10-5-4-8-16-14(10)17-12/h2-9H,1H3,(H,16,17)(H,18,19). The first-order valence-electron chi connectivity index (χ1n) is 6.16. The van der Waals surface area contributed by atoms with Gasteiger partial charge in [0.25, 0.3) is 5.91 Å². The van der Waals surface area contributed by atoms with Crippen molar-refractivity contribution in [1.82, 2.24) is 9.97 Å². The van der Waals surface area contributed by atoms with E-state index < -0.39 is 0 Å². The molecule has 3 aromatic rings. The highest BCUT2D eigenvalue weighted by Crippen LogP contribution is 2.24. The number of anilines is 1. The fraction of sp³-hybridized carbons (Fsp3) is 0.0667. The average Bonchev–Trinajstić information content (AvgIpc) is 2.92. The van der Waals surface area contributed by atoms with Crippen molar-refractivity contribution in [3.63, 3.8) is 0 Å². The Hall–Kier alpha value is -2.82. The molecule has 0 radical (unpaired) electrons. The Labute approximate surface area is 115 Å². The van der Waals surface area contributed by atoms with Gasteiger partial charge in [0.2, 0.25) is 0 Å². The van der Waals surface area contributed by atoms with Crippen LogP contribution in [0.1, 0.15) is 10.5 Å². The summed E-state index contributed by atoms with van der Waals surface area (Å²) in [4.78, 5) is 19.4. The number of nitrogens with one attached hydrogen (secondary N) is 2. The van der Waals surface area contributed by atoms with E-state index in [-0.39, 0.29) is 5.91 Å². The van der Waals surface area contributed by atoms with Crippen LogP contribution in [0, 0.1) is 0 Å². The van der Waals surface area contributed by atoms with Gasteiger partial charge in [0.05, 0.1) is 12.8 Å². The number of benzene rings is 1. The van der Waals surface area contributed by atoms with E-state index in [2.05, 4.69) is 15.3 Å². The van der Waals surface area contributed by atoms with Crippen LogP contribution >= 0.6 is 0 Å². The van der Waals surface area contributed by atoms with Crippen LogP contribution in [0.3, 0.4) is 0 Å². The molecule has 0 aliphatic carbocycles. The summed E-state index contributed by atoms with van der Waals surface area (Å²) in [6.45, 7) is 0. The van der Waals surface area contributed by atoms with Crippen LogP contribution < -0.4 is 10.1 Å². The maximum absolute atomic E-state index is 12.2. The van der Waals surface area contributed by atoms with Gasteiger partial charge in [-0.3, -0.25) is 4.79 Å². The maximum Gasteiger partial charge on any atom is 0.272 e. The zero-order valence-corrected chi connectivity index (χ0v) is 10.9. The quantitative estimate of drug-likeness (QED) is 0.766. The molecule has 100 valence electrons. The summed E-state index contributed by atoms with van der Waals surface area (Å²) in [7, 11) is 1.57. The van der Waals surface area contributed by atoms with Gasteiger partial charge in [-0.2, -0.15) is 0 Å². The molecule has 0 fully saturated rings. The smallest absolute Gasteiger partial charge is 0.272 e. The Balaban J connectivity index is 1.89. The largest absolute Gasteiger partial charge is 0.495 e. The van der Waals surface area contributed by atoms with Crippen molar-refractivity contribution in [1.29, 1.82) is 0 Å². The number of ether oxygens (including phenoxy) is 1. The molecule has 2 aromatic heterocycles. The molecule has 0 aliphatic heterocycles. The SMILES string of the molecule is COc1ccccc1NC(=O)c1cc2cccnc2[nH]1. The minimum Gasteiger partial charge on any atom is -0.495 e. The van der Waals surface area contributed by atoms with Crippen LogP contribution in [0.2, 0.25) is 0 Å². The minimum atomic E-state index is -0.229. The molecule has 0 spiro atoms. The highest BCUT2D eigenvalue weighted by Gasteiger charge is 2.12. The zero-order chi connectivity index (χ0) is 13.9. The van der Waals surface area contributed by atoms with Crippen molar-refractivity contribution in [3.05, 3.63) is 54.4 Å².